The number of imidazole rings is 1. The van der Waals surface area contributed by atoms with Gasteiger partial charge in [-0.2, -0.15) is 0 Å². The summed E-state index contributed by atoms with van der Waals surface area (Å²) in [5.74, 6) is -1.53. The number of hydrogen-bond donors (Lipinski definition) is 4. The molecule has 0 unspecified atom stereocenters. The Morgan fingerprint density at radius 2 is 2.08 bits per heavy atom. The summed E-state index contributed by atoms with van der Waals surface area (Å²) in [4.78, 5) is 56.8. The maximum absolute atomic E-state index is 12.1. The fourth-order valence-electron chi connectivity index (χ4n) is 2.88. The van der Waals surface area contributed by atoms with Crippen LogP contribution in [-0.4, -0.2) is 55.3 Å². The number of carboxylic acids is 1. The lowest BCUT2D eigenvalue weighted by Gasteiger charge is -2.21. The number of aliphatic carboxylic acids is 1. The van der Waals surface area contributed by atoms with E-state index in [0.29, 0.717) is 30.6 Å². The number of carbonyl (C=O) groups excluding carboxylic acids is 2. The first-order valence-corrected chi connectivity index (χ1v) is 7.85. The van der Waals surface area contributed by atoms with Crippen LogP contribution in [0.15, 0.2) is 16.9 Å². The number of likely N-dealkylation sites (tertiary alicyclic amines) is 1. The van der Waals surface area contributed by atoms with Gasteiger partial charge in [-0.15, -0.1) is 0 Å². The predicted octanol–water partition coefficient (Wildman–Crippen LogP) is 0.0455. The second kappa shape index (κ2) is 6.75. The fraction of sp³-hybridized carbons (Fsp3) is 0.400. The SMILES string of the molecule is O=C(CCC(=O)N1CCC[C@@H]1C(=O)O)Nc1ccc2[nH]c(=O)[nH]c2n1. The summed E-state index contributed by atoms with van der Waals surface area (Å²) in [5.41, 5.74) is 0.447. The van der Waals surface area contributed by atoms with E-state index < -0.39 is 23.6 Å². The van der Waals surface area contributed by atoms with Gasteiger partial charge in [0.15, 0.2) is 5.65 Å². The van der Waals surface area contributed by atoms with Crippen LogP contribution in [-0.2, 0) is 14.4 Å². The molecule has 2 aromatic rings. The zero-order chi connectivity index (χ0) is 18.0. The molecule has 0 radical (unpaired) electrons. The van der Waals surface area contributed by atoms with E-state index in [0.717, 1.165) is 0 Å². The van der Waals surface area contributed by atoms with Gasteiger partial charge in [0, 0.05) is 19.4 Å². The number of fused-ring (bicyclic) bond motifs is 1. The Hall–Kier alpha value is -3.17. The topological polar surface area (TPSA) is 148 Å². The summed E-state index contributed by atoms with van der Waals surface area (Å²) >= 11 is 0. The molecule has 3 heterocycles. The van der Waals surface area contributed by atoms with Gasteiger partial charge in [0.2, 0.25) is 11.8 Å². The van der Waals surface area contributed by atoms with Crippen LogP contribution in [0.5, 0.6) is 0 Å². The highest BCUT2D eigenvalue weighted by Gasteiger charge is 2.33. The first-order valence-electron chi connectivity index (χ1n) is 7.85. The average Bonchev–Trinajstić information content (AvgIpc) is 3.17. The van der Waals surface area contributed by atoms with E-state index >= 15 is 0 Å². The molecule has 10 heteroatoms. The van der Waals surface area contributed by atoms with Gasteiger partial charge >= 0.3 is 11.7 Å². The van der Waals surface area contributed by atoms with Gasteiger partial charge in [-0.25, -0.2) is 14.6 Å². The Balaban J connectivity index is 1.55. The lowest BCUT2D eigenvalue weighted by molar-refractivity contribution is -0.148. The van der Waals surface area contributed by atoms with Gasteiger partial charge in [0.25, 0.3) is 0 Å². The summed E-state index contributed by atoms with van der Waals surface area (Å²) in [6.07, 6.45) is 0.934. The molecule has 0 saturated carbocycles. The third kappa shape index (κ3) is 3.67. The van der Waals surface area contributed by atoms with E-state index in [2.05, 4.69) is 20.3 Å². The molecule has 1 fully saturated rings. The minimum Gasteiger partial charge on any atom is -0.480 e. The van der Waals surface area contributed by atoms with Crippen molar-refractivity contribution in [3.63, 3.8) is 0 Å². The second-order valence-electron chi connectivity index (χ2n) is 5.80. The van der Waals surface area contributed by atoms with E-state index in [-0.39, 0.29) is 24.6 Å². The highest BCUT2D eigenvalue weighted by atomic mass is 16.4. The Labute approximate surface area is 141 Å². The quantitative estimate of drug-likeness (QED) is 0.600. The van der Waals surface area contributed by atoms with Gasteiger partial charge < -0.3 is 20.3 Å². The van der Waals surface area contributed by atoms with E-state index in [9.17, 15) is 19.2 Å². The summed E-state index contributed by atoms with van der Waals surface area (Å²) < 4.78 is 0. The fourth-order valence-corrected chi connectivity index (χ4v) is 2.88. The zero-order valence-electron chi connectivity index (χ0n) is 13.2. The lowest BCUT2D eigenvalue weighted by Crippen LogP contribution is -2.40. The number of carboxylic acid groups (broad SMARTS) is 1. The summed E-state index contributed by atoms with van der Waals surface area (Å²) in [6.45, 7) is 0.399. The van der Waals surface area contributed by atoms with Crippen LogP contribution in [0.4, 0.5) is 5.82 Å². The standard InChI is InChI=1S/C15H17N5O5/c21-11(5-6-12(22)20-7-1-2-9(20)14(23)24)17-10-4-3-8-13(18-10)19-15(25)16-8/h3-4,9H,1-2,5-7H2,(H,23,24)(H3,16,17,18,19,21,25)/t9-/m1/s1. The smallest absolute Gasteiger partial charge is 0.326 e. The van der Waals surface area contributed by atoms with Gasteiger partial charge in [0.1, 0.15) is 11.9 Å². The van der Waals surface area contributed by atoms with Crippen molar-refractivity contribution in [1.29, 1.82) is 0 Å². The number of pyridine rings is 1. The molecule has 4 N–H and O–H groups in total. The van der Waals surface area contributed by atoms with Crippen molar-refractivity contribution < 1.29 is 19.5 Å². The molecular formula is C15H17N5O5. The van der Waals surface area contributed by atoms with Crippen molar-refractivity contribution in [2.75, 3.05) is 11.9 Å². The Bertz CT molecular complexity index is 886. The van der Waals surface area contributed by atoms with Crippen LogP contribution in [0.2, 0.25) is 0 Å². The number of amides is 2. The number of nitrogens with one attached hydrogen (secondary N) is 3. The molecule has 1 aliphatic heterocycles. The molecule has 0 aromatic carbocycles. The number of H-pyrrole nitrogens is 2. The van der Waals surface area contributed by atoms with Crippen molar-refractivity contribution >= 4 is 34.8 Å². The maximum atomic E-state index is 12.1. The van der Waals surface area contributed by atoms with Crippen LogP contribution in [0.1, 0.15) is 25.7 Å². The van der Waals surface area contributed by atoms with E-state index in [1.807, 2.05) is 0 Å². The Kier molecular flexibility index (Phi) is 4.50. The normalized spacial score (nSPS) is 17.0. The van der Waals surface area contributed by atoms with Gasteiger partial charge in [-0.3, -0.25) is 14.6 Å². The van der Waals surface area contributed by atoms with E-state index in [1.165, 1.54) is 11.0 Å². The van der Waals surface area contributed by atoms with Gasteiger partial charge in [-0.1, -0.05) is 0 Å². The van der Waals surface area contributed by atoms with Crippen molar-refractivity contribution in [1.82, 2.24) is 19.9 Å². The number of carbonyl (C=O) groups is 3. The monoisotopic (exact) mass is 347 g/mol. The first-order chi connectivity index (χ1) is 11.9. The second-order valence-corrected chi connectivity index (χ2v) is 5.80. The van der Waals surface area contributed by atoms with E-state index in [1.54, 1.807) is 6.07 Å². The molecule has 0 spiro atoms. The third-order valence-corrected chi connectivity index (χ3v) is 4.07. The number of nitrogens with zero attached hydrogens (tertiary/aromatic N) is 2. The largest absolute Gasteiger partial charge is 0.480 e. The molecule has 2 amide bonds. The molecule has 3 rings (SSSR count). The average molecular weight is 347 g/mol. The Morgan fingerprint density at radius 3 is 2.84 bits per heavy atom. The first kappa shape index (κ1) is 16.7. The van der Waals surface area contributed by atoms with Gasteiger partial charge in [0.05, 0.1) is 5.52 Å². The molecule has 25 heavy (non-hydrogen) atoms. The van der Waals surface area contributed by atoms with Crippen LogP contribution < -0.4 is 11.0 Å². The highest BCUT2D eigenvalue weighted by molar-refractivity contribution is 5.94. The molecule has 1 saturated heterocycles. The Morgan fingerprint density at radius 1 is 1.28 bits per heavy atom. The number of anilines is 1. The van der Waals surface area contributed by atoms with Crippen molar-refractivity contribution in [2.45, 2.75) is 31.7 Å². The molecule has 1 aliphatic rings. The van der Waals surface area contributed by atoms with Crippen molar-refractivity contribution in [2.24, 2.45) is 0 Å². The number of rotatable bonds is 5. The minimum atomic E-state index is -1.02. The predicted molar refractivity (Wildman–Crippen MR) is 86.9 cm³/mol. The molecule has 132 valence electrons. The van der Waals surface area contributed by atoms with Gasteiger partial charge in [-0.05, 0) is 25.0 Å². The molecule has 1 atom stereocenters. The number of aromatic nitrogens is 3. The third-order valence-electron chi connectivity index (χ3n) is 4.07. The summed E-state index contributed by atoms with van der Waals surface area (Å²) in [7, 11) is 0. The molecule has 10 nitrogen and oxygen atoms in total. The number of aromatic amines is 2. The molecule has 0 bridgehead atoms. The minimum absolute atomic E-state index is 0.0706. The molecule has 0 aliphatic carbocycles. The number of hydrogen-bond acceptors (Lipinski definition) is 5. The van der Waals surface area contributed by atoms with Crippen LogP contribution >= 0.6 is 0 Å². The van der Waals surface area contributed by atoms with E-state index in [4.69, 9.17) is 5.11 Å². The van der Waals surface area contributed by atoms with Crippen LogP contribution in [0, 0.1) is 0 Å². The maximum Gasteiger partial charge on any atom is 0.326 e. The highest BCUT2D eigenvalue weighted by Crippen LogP contribution is 2.19. The van der Waals surface area contributed by atoms with Crippen molar-refractivity contribution in [3.8, 4) is 0 Å². The summed E-state index contributed by atoms with van der Waals surface area (Å²) in [6, 6.07) is 2.33. The van der Waals surface area contributed by atoms with Crippen LogP contribution in [0.25, 0.3) is 11.2 Å². The zero-order valence-corrected chi connectivity index (χ0v) is 13.2. The molecular weight excluding hydrogens is 330 g/mol. The molecule has 2 aromatic heterocycles. The van der Waals surface area contributed by atoms with Crippen LogP contribution in [0.3, 0.4) is 0 Å². The summed E-state index contributed by atoms with van der Waals surface area (Å²) in [5, 5.41) is 11.6. The van der Waals surface area contributed by atoms with Crippen molar-refractivity contribution in [3.05, 3.63) is 22.6 Å². The lowest BCUT2D eigenvalue weighted by atomic mass is 10.2.